The monoisotopic (exact) mass is 310 g/mol. The smallest absolute Gasteiger partial charge is 0.161 e. The van der Waals surface area contributed by atoms with Crippen molar-refractivity contribution >= 4 is 22.4 Å². The number of ether oxygens (including phenoxy) is 1. The lowest BCUT2D eigenvalue weighted by molar-refractivity contribution is 0.374. The summed E-state index contributed by atoms with van der Waals surface area (Å²) in [5.41, 5.74) is 0.887. The van der Waals surface area contributed by atoms with E-state index in [9.17, 15) is 9.50 Å². The van der Waals surface area contributed by atoms with Gasteiger partial charge in [-0.25, -0.2) is 14.4 Å². The number of phenols is 1. The largest absolute Gasteiger partial charge is 0.504 e. The van der Waals surface area contributed by atoms with E-state index in [2.05, 4.69) is 15.3 Å². The molecular formula is C16H11FN4O2. The summed E-state index contributed by atoms with van der Waals surface area (Å²) in [5.74, 6) is 0.00307. The van der Waals surface area contributed by atoms with Crippen molar-refractivity contribution < 1.29 is 14.2 Å². The van der Waals surface area contributed by atoms with Crippen LogP contribution in [-0.4, -0.2) is 22.2 Å². The van der Waals surface area contributed by atoms with E-state index in [4.69, 9.17) is 10.00 Å². The predicted octanol–water partition coefficient (Wildman–Crippen LogP) is 3.10. The topological polar surface area (TPSA) is 91.1 Å². The molecule has 1 heterocycles. The lowest BCUT2D eigenvalue weighted by Crippen LogP contribution is -1.99. The van der Waals surface area contributed by atoms with Crippen LogP contribution in [0.15, 0.2) is 36.7 Å². The second-order valence-electron chi connectivity index (χ2n) is 4.69. The third-order valence-corrected chi connectivity index (χ3v) is 3.29. The van der Waals surface area contributed by atoms with Gasteiger partial charge in [0.2, 0.25) is 0 Å². The Hall–Kier alpha value is -3.40. The first kappa shape index (κ1) is 14.5. The molecule has 0 amide bonds. The highest BCUT2D eigenvalue weighted by molar-refractivity contribution is 5.93. The van der Waals surface area contributed by atoms with Gasteiger partial charge in [-0.3, -0.25) is 0 Å². The summed E-state index contributed by atoms with van der Waals surface area (Å²) in [6.07, 6.45) is 1.30. The summed E-state index contributed by atoms with van der Waals surface area (Å²) in [4.78, 5) is 8.17. The second-order valence-corrected chi connectivity index (χ2v) is 4.69. The maximum absolute atomic E-state index is 14.0. The van der Waals surface area contributed by atoms with Gasteiger partial charge in [-0.1, -0.05) is 0 Å². The quantitative estimate of drug-likeness (QED) is 0.772. The highest BCUT2D eigenvalue weighted by Crippen LogP contribution is 2.33. The Balaban J connectivity index is 2.08. The van der Waals surface area contributed by atoms with Crippen molar-refractivity contribution in [2.45, 2.75) is 0 Å². The molecule has 0 fully saturated rings. The van der Waals surface area contributed by atoms with Crippen molar-refractivity contribution in [3.05, 3.63) is 48.0 Å². The van der Waals surface area contributed by atoms with Crippen LogP contribution in [-0.2, 0) is 0 Å². The van der Waals surface area contributed by atoms with Gasteiger partial charge in [-0.2, -0.15) is 5.26 Å². The number of hydrogen-bond acceptors (Lipinski definition) is 6. The molecule has 2 aromatic carbocycles. The molecule has 0 atom stereocenters. The molecule has 0 radical (unpaired) electrons. The number of nitrogens with one attached hydrogen (secondary N) is 1. The van der Waals surface area contributed by atoms with Crippen molar-refractivity contribution in [2.24, 2.45) is 0 Å². The van der Waals surface area contributed by atoms with E-state index in [1.54, 1.807) is 6.07 Å². The molecule has 3 aromatic rings. The van der Waals surface area contributed by atoms with Gasteiger partial charge in [0.05, 0.1) is 29.9 Å². The van der Waals surface area contributed by atoms with Gasteiger partial charge in [0.25, 0.3) is 0 Å². The van der Waals surface area contributed by atoms with Crippen molar-refractivity contribution in [1.29, 1.82) is 5.26 Å². The number of nitriles is 1. The number of rotatable bonds is 3. The molecule has 0 aliphatic rings. The van der Waals surface area contributed by atoms with Crippen LogP contribution in [0.1, 0.15) is 5.56 Å². The van der Waals surface area contributed by atoms with Crippen LogP contribution in [0.2, 0.25) is 0 Å². The van der Waals surface area contributed by atoms with E-state index in [1.165, 1.54) is 31.6 Å². The minimum Gasteiger partial charge on any atom is -0.504 e. The Bertz CT molecular complexity index is 937. The molecule has 0 bridgehead atoms. The molecule has 0 spiro atoms. The van der Waals surface area contributed by atoms with Crippen LogP contribution < -0.4 is 10.1 Å². The van der Waals surface area contributed by atoms with Gasteiger partial charge < -0.3 is 15.2 Å². The van der Waals surface area contributed by atoms with Crippen LogP contribution in [0.3, 0.4) is 0 Å². The summed E-state index contributed by atoms with van der Waals surface area (Å²) >= 11 is 0. The molecule has 1 aromatic heterocycles. The van der Waals surface area contributed by atoms with Crippen molar-refractivity contribution in [2.75, 3.05) is 12.4 Å². The summed E-state index contributed by atoms with van der Waals surface area (Å²) in [7, 11) is 1.43. The summed E-state index contributed by atoms with van der Waals surface area (Å²) in [5, 5.41) is 22.0. The van der Waals surface area contributed by atoms with Crippen LogP contribution >= 0.6 is 0 Å². The molecule has 7 heteroatoms. The molecular weight excluding hydrogens is 299 g/mol. The number of hydrogen-bond donors (Lipinski definition) is 2. The SMILES string of the molecule is COc1cc2c(Nc3ccc(C#N)cc3F)ncnc2cc1O. The van der Waals surface area contributed by atoms with Crippen molar-refractivity contribution in [3.8, 4) is 17.6 Å². The van der Waals surface area contributed by atoms with E-state index in [-0.39, 0.29) is 22.7 Å². The van der Waals surface area contributed by atoms with Gasteiger partial charge in [-0.15, -0.1) is 0 Å². The maximum atomic E-state index is 14.0. The third-order valence-electron chi connectivity index (χ3n) is 3.29. The fraction of sp³-hybridized carbons (Fsp3) is 0.0625. The van der Waals surface area contributed by atoms with Gasteiger partial charge >= 0.3 is 0 Å². The van der Waals surface area contributed by atoms with Crippen LogP contribution in [0.4, 0.5) is 15.9 Å². The lowest BCUT2D eigenvalue weighted by atomic mass is 10.2. The standard InChI is InChI=1S/C16H11FN4O2/c1-23-15-5-10-13(6-14(15)22)19-8-20-16(10)21-12-3-2-9(7-18)4-11(12)17/h2-6,8,22H,1H3,(H,19,20,21). The maximum Gasteiger partial charge on any atom is 0.161 e. The van der Waals surface area contributed by atoms with E-state index >= 15 is 0 Å². The zero-order valence-corrected chi connectivity index (χ0v) is 12.0. The second kappa shape index (κ2) is 5.77. The average molecular weight is 310 g/mol. The van der Waals surface area contributed by atoms with Crippen LogP contribution in [0.25, 0.3) is 10.9 Å². The number of anilines is 2. The number of aromatic nitrogens is 2. The predicted molar refractivity (Wildman–Crippen MR) is 82.2 cm³/mol. The first-order valence-electron chi connectivity index (χ1n) is 6.60. The first-order chi connectivity index (χ1) is 11.1. The molecule has 6 nitrogen and oxygen atoms in total. The molecule has 114 valence electrons. The molecule has 0 aliphatic heterocycles. The third kappa shape index (κ3) is 2.70. The zero-order valence-electron chi connectivity index (χ0n) is 12.0. The van der Waals surface area contributed by atoms with E-state index < -0.39 is 5.82 Å². The molecule has 0 saturated heterocycles. The number of benzene rings is 2. The first-order valence-corrected chi connectivity index (χ1v) is 6.60. The Labute approximate surface area is 130 Å². The number of aromatic hydroxyl groups is 1. The fourth-order valence-corrected chi connectivity index (χ4v) is 2.15. The lowest BCUT2D eigenvalue weighted by Gasteiger charge is -2.11. The fourth-order valence-electron chi connectivity index (χ4n) is 2.15. The van der Waals surface area contributed by atoms with E-state index in [1.807, 2.05) is 6.07 Å². The van der Waals surface area contributed by atoms with Crippen molar-refractivity contribution in [1.82, 2.24) is 9.97 Å². The highest BCUT2D eigenvalue weighted by atomic mass is 19.1. The minimum absolute atomic E-state index is 0.0470. The normalized spacial score (nSPS) is 10.3. The summed E-state index contributed by atoms with van der Waals surface area (Å²) < 4.78 is 19.1. The number of fused-ring (bicyclic) bond motifs is 1. The summed E-state index contributed by atoms with van der Waals surface area (Å²) in [6.45, 7) is 0. The number of halogens is 1. The molecule has 0 saturated carbocycles. The zero-order chi connectivity index (χ0) is 16.4. The van der Waals surface area contributed by atoms with Gasteiger partial charge in [-0.05, 0) is 24.3 Å². The molecule has 0 aliphatic carbocycles. The van der Waals surface area contributed by atoms with Gasteiger partial charge in [0.1, 0.15) is 18.0 Å². The number of phenolic OH excluding ortho intramolecular Hbond substituents is 1. The van der Waals surface area contributed by atoms with E-state index in [0.717, 1.165) is 6.07 Å². The minimum atomic E-state index is -0.568. The van der Waals surface area contributed by atoms with Crippen molar-refractivity contribution in [3.63, 3.8) is 0 Å². The van der Waals surface area contributed by atoms with Crippen LogP contribution in [0, 0.1) is 17.1 Å². The molecule has 3 rings (SSSR count). The number of methoxy groups -OCH3 is 1. The molecule has 23 heavy (non-hydrogen) atoms. The number of nitrogens with zero attached hydrogens (tertiary/aromatic N) is 3. The molecule has 0 unspecified atom stereocenters. The Morgan fingerprint density at radius 1 is 1.26 bits per heavy atom. The average Bonchev–Trinajstić information content (AvgIpc) is 2.56. The van der Waals surface area contributed by atoms with Crippen LogP contribution in [0.5, 0.6) is 11.5 Å². The van der Waals surface area contributed by atoms with Gasteiger partial charge in [0, 0.05) is 11.5 Å². The highest BCUT2D eigenvalue weighted by Gasteiger charge is 2.11. The Morgan fingerprint density at radius 3 is 2.78 bits per heavy atom. The molecule has 2 N–H and O–H groups in total. The van der Waals surface area contributed by atoms with Gasteiger partial charge in [0.15, 0.2) is 11.5 Å². The Kier molecular flexibility index (Phi) is 3.65. The summed E-state index contributed by atoms with van der Waals surface area (Å²) in [6, 6.07) is 8.97. The van der Waals surface area contributed by atoms with E-state index in [0.29, 0.717) is 16.7 Å². The Morgan fingerprint density at radius 2 is 2.09 bits per heavy atom.